The average Bonchev–Trinajstić information content (AvgIpc) is 2.26. The molecule has 0 radical (unpaired) electrons. The van der Waals surface area contributed by atoms with Crippen LogP contribution in [0.25, 0.3) is 0 Å². The molecule has 0 aromatic rings. The first kappa shape index (κ1) is 6.41. The van der Waals surface area contributed by atoms with Gasteiger partial charge in [0.1, 0.15) is 0 Å². The van der Waals surface area contributed by atoms with Gasteiger partial charge in [0.15, 0.2) is 0 Å². The monoisotopic (exact) mass is 138 g/mol. The van der Waals surface area contributed by atoms with Crippen molar-refractivity contribution in [3.8, 4) is 0 Å². The van der Waals surface area contributed by atoms with Crippen molar-refractivity contribution in [2.75, 3.05) is 0 Å². The fraction of sp³-hybridized carbons (Fsp3) is 0.778. The summed E-state index contributed by atoms with van der Waals surface area (Å²) >= 11 is 0. The van der Waals surface area contributed by atoms with E-state index in [9.17, 15) is 0 Å². The minimum absolute atomic E-state index is 0.462. The van der Waals surface area contributed by atoms with Gasteiger partial charge in [0.25, 0.3) is 0 Å². The zero-order valence-corrected chi connectivity index (χ0v) is 6.42. The Morgan fingerprint density at radius 2 is 2.50 bits per heavy atom. The molecule has 1 heteroatoms. The van der Waals surface area contributed by atoms with Crippen LogP contribution in [-0.4, -0.2) is 12.2 Å². The molecule has 1 fully saturated rings. The second kappa shape index (κ2) is 2.39. The highest BCUT2D eigenvalue weighted by molar-refractivity contribution is 5.03. The highest BCUT2D eigenvalue weighted by Crippen LogP contribution is 2.34. The molecule has 2 aliphatic heterocycles. The van der Waals surface area contributed by atoms with E-state index in [4.69, 9.17) is 4.74 Å². The fourth-order valence-electron chi connectivity index (χ4n) is 1.98. The Morgan fingerprint density at radius 3 is 3.20 bits per heavy atom. The molecule has 2 bridgehead atoms. The van der Waals surface area contributed by atoms with Gasteiger partial charge in [0, 0.05) is 0 Å². The van der Waals surface area contributed by atoms with Gasteiger partial charge in [-0.3, -0.25) is 0 Å². The van der Waals surface area contributed by atoms with E-state index >= 15 is 0 Å². The quantitative estimate of drug-likeness (QED) is 0.504. The second-order valence-corrected chi connectivity index (χ2v) is 3.29. The smallest absolute Gasteiger partial charge is 0.0788 e. The molecule has 1 nitrogen and oxygen atoms in total. The zero-order valence-electron chi connectivity index (χ0n) is 6.42. The largest absolute Gasteiger partial charge is 0.370 e. The summed E-state index contributed by atoms with van der Waals surface area (Å²) in [6.45, 7) is 2.25. The van der Waals surface area contributed by atoms with Crippen LogP contribution in [0.2, 0.25) is 0 Å². The van der Waals surface area contributed by atoms with Crippen LogP contribution >= 0.6 is 0 Å². The molecule has 2 heterocycles. The molecule has 0 spiro atoms. The molecule has 2 aliphatic rings. The number of ether oxygens (including phenoxy) is 1. The zero-order chi connectivity index (χ0) is 6.97. The molecule has 0 aromatic heterocycles. The van der Waals surface area contributed by atoms with Gasteiger partial charge in [-0.15, -0.1) is 0 Å². The van der Waals surface area contributed by atoms with Gasteiger partial charge in [-0.05, 0) is 18.8 Å². The standard InChI is InChI=1S/C9H14O/c1-2-7-6-8-4-3-5-9(7)10-8/h3,5,7-9H,2,4,6H2,1H3. The minimum atomic E-state index is 0.462. The number of rotatable bonds is 1. The Hall–Kier alpha value is -0.300. The van der Waals surface area contributed by atoms with E-state index in [0.29, 0.717) is 12.2 Å². The molecule has 2 rings (SSSR count). The summed E-state index contributed by atoms with van der Waals surface area (Å²) in [6, 6.07) is 0. The van der Waals surface area contributed by atoms with Crippen molar-refractivity contribution in [1.29, 1.82) is 0 Å². The van der Waals surface area contributed by atoms with Crippen molar-refractivity contribution in [2.24, 2.45) is 5.92 Å². The first-order valence-corrected chi connectivity index (χ1v) is 4.22. The number of hydrogen-bond donors (Lipinski definition) is 0. The van der Waals surface area contributed by atoms with Crippen LogP contribution in [0.15, 0.2) is 12.2 Å². The van der Waals surface area contributed by atoms with Gasteiger partial charge < -0.3 is 4.74 Å². The summed E-state index contributed by atoms with van der Waals surface area (Å²) in [4.78, 5) is 0. The first-order chi connectivity index (χ1) is 4.90. The third kappa shape index (κ3) is 0.891. The van der Waals surface area contributed by atoms with Crippen molar-refractivity contribution < 1.29 is 4.74 Å². The molecule has 0 aliphatic carbocycles. The van der Waals surface area contributed by atoms with Gasteiger partial charge in [-0.1, -0.05) is 25.5 Å². The van der Waals surface area contributed by atoms with Crippen LogP contribution < -0.4 is 0 Å². The highest BCUT2D eigenvalue weighted by atomic mass is 16.5. The maximum absolute atomic E-state index is 5.71. The van der Waals surface area contributed by atoms with E-state index in [1.165, 1.54) is 12.8 Å². The lowest BCUT2D eigenvalue weighted by Gasteiger charge is -2.15. The lowest BCUT2D eigenvalue weighted by molar-refractivity contribution is 0.0553. The van der Waals surface area contributed by atoms with E-state index < -0.39 is 0 Å². The van der Waals surface area contributed by atoms with Crippen LogP contribution in [0.4, 0.5) is 0 Å². The van der Waals surface area contributed by atoms with Crippen LogP contribution in [0.3, 0.4) is 0 Å². The lowest BCUT2D eigenvalue weighted by Crippen LogP contribution is -2.15. The summed E-state index contributed by atoms with van der Waals surface area (Å²) in [5, 5.41) is 0. The molecule has 56 valence electrons. The SMILES string of the molecule is CCC1CC2CC=CC1O2. The van der Waals surface area contributed by atoms with E-state index in [0.717, 1.165) is 12.3 Å². The Morgan fingerprint density at radius 1 is 1.60 bits per heavy atom. The van der Waals surface area contributed by atoms with Crippen LogP contribution in [-0.2, 0) is 4.74 Å². The average molecular weight is 138 g/mol. The van der Waals surface area contributed by atoms with Crippen LogP contribution in [0, 0.1) is 5.92 Å². The summed E-state index contributed by atoms with van der Waals surface area (Å²) in [5.41, 5.74) is 0. The molecule has 0 saturated carbocycles. The van der Waals surface area contributed by atoms with Crippen LogP contribution in [0.5, 0.6) is 0 Å². The predicted molar refractivity (Wildman–Crippen MR) is 40.8 cm³/mol. The molecular weight excluding hydrogens is 124 g/mol. The van der Waals surface area contributed by atoms with Gasteiger partial charge in [0.2, 0.25) is 0 Å². The van der Waals surface area contributed by atoms with Crippen molar-refractivity contribution in [1.82, 2.24) is 0 Å². The van der Waals surface area contributed by atoms with Crippen molar-refractivity contribution in [3.05, 3.63) is 12.2 Å². The first-order valence-electron chi connectivity index (χ1n) is 4.22. The van der Waals surface area contributed by atoms with Crippen molar-refractivity contribution in [2.45, 2.75) is 38.4 Å². The van der Waals surface area contributed by atoms with E-state index in [2.05, 4.69) is 19.1 Å². The van der Waals surface area contributed by atoms with E-state index in [1.54, 1.807) is 0 Å². The molecule has 0 N–H and O–H groups in total. The molecule has 1 saturated heterocycles. The molecule has 3 unspecified atom stereocenters. The third-order valence-electron chi connectivity index (χ3n) is 2.63. The Kier molecular flexibility index (Phi) is 1.53. The topological polar surface area (TPSA) is 9.23 Å². The molecule has 0 amide bonds. The van der Waals surface area contributed by atoms with Crippen molar-refractivity contribution in [3.63, 3.8) is 0 Å². The molecule has 3 atom stereocenters. The van der Waals surface area contributed by atoms with Gasteiger partial charge in [-0.2, -0.15) is 0 Å². The van der Waals surface area contributed by atoms with E-state index in [-0.39, 0.29) is 0 Å². The lowest BCUT2D eigenvalue weighted by atomic mass is 9.98. The minimum Gasteiger partial charge on any atom is -0.370 e. The third-order valence-corrected chi connectivity index (χ3v) is 2.63. The summed E-state index contributed by atoms with van der Waals surface area (Å²) in [5.74, 6) is 0.809. The fourth-order valence-corrected chi connectivity index (χ4v) is 1.98. The molecule has 0 aromatic carbocycles. The maximum atomic E-state index is 5.71. The van der Waals surface area contributed by atoms with Crippen molar-refractivity contribution >= 4 is 0 Å². The summed E-state index contributed by atoms with van der Waals surface area (Å²) < 4.78 is 5.71. The van der Waals surface area contributed by atoms with Gasteiger partial charge in [0.05, 0.1) is 12.2 Å². The number of fused-ring (bicyclic) bond motifs is 2. The second-order valence-electron chi connectivity index (χ2n) is 3.29. The van der Waals surface area contributed by atoms with Gasteiger partial charge >= 0.3 is 0 Å². The molecule has 10 heavy (non-hydrogen) atoms. The maximum Gasteiger partial charge on any atom is 0.0788 e. The Labute approximate surface area is 62.1 Å². The van der Waals surface area contributed by atoms with Crippen LogP contribution in [0.1, 0.15) is 26.2 Å². The summed E-state index contributed by atoms with van der Waals surface area (Å²) in [7, 11) is 0. The van der Waals surface area contributed by atoms with Gasteiger partial charge in [-0.25, -0.2) is 0 Å². The normalized spacial score (nSPS) is 44.3. The summed E-state index contributed by atoms with van der Waals surface area (Å²) in [6.07, 6.45) is 9.22. The molecular formula is C9H14O. The Bertz CT molecular complexity index is 151. The van der Waals surface area contributed by atoms with E-state index in [1.807, 2.05) is 0 Å². The Balaban J connectivity index is 2.10. The number of hydrogen-bond acceptors (Lipinski definition) is 1. The highest BCUT2D eigenvalue weighted by Gasteiger charge is 2.33. The predicted octanol–water partition coefficient (Wildman–Crippen LogP) is 2.13.